The van der Waals surface area contributed by atoms with E-state index in [1.54, 1.807) is 6.92 Å². The van der Waals surface area contributed by atoms with Gasteiger partial charge in [-0.3, -0.25) is 4.79 Å². The molecule has 4 nitrogen and oxygen atoms in total. The lowest BCUT2D eigenvalue weighted by molar-refractivity contribution is -0.111. The zero-order valence-corrected chi connectivity index (χ0v) is 10.7. The third-order valence-corrected chi connectivity index (χ3v) is 2.06. The van der Waals surface area contributed by atoms with E-state index in [-0.39, 0.29) is 19.1 Å². The van der Waals surface area contributed by atoms with Gasteiger partial charge in [-0.1, -0.05) is 24.8 Å². The smallest absolute Gasteiger partial charge is 0.247 e. The highest BCUT2D eigenvalue weighted by atomic mass is 16.3. The number of carbonyl (C=O) groups excluding carboxylic acids is 1. The van der Waals surface area contributed by atoms with Gasteiger partial charge in [0.25, 0.3) is 0 Å². The van der Waals surface area contributed by atoms with Crippen molar-refractivity contribution in [1.29, 1.82) is 0 Å². The molecule has 3 N–H and O–H groups in total. The monoisotopic (exact) mass is 251 g/mol. The van der Waals surface area contributed by atoms with E-state index in [0.717, 1.165) is 17.7 Å². The maximum absolute atomic E-state index is 11.1. The molecular formula is C14H21NO3. The predicted molar refractivity (Wildman–Crippen MR) is 73.4 cm³/mol. The third-order valence-electron chi connectivity index (χ3n) is 2.06. The van der Waals surface area contributed by atoms with Crippen molar-refractivity contribution >= 4 is 11.6 Å². The molecule has 0 fully saturated rings. The number of hydrogen-bond acceptors (Lipinski definition) is 3. The summed E-state index contributed by atoms with van der Waals surface area (Å²) in [4.78, 5) is 11.1. The van der Waals surface area contributed by atoms with Crippen LogP contribution in [0.25, 0.3) is 0 Å². The second kappa shape index (κ2) is 10.5. The van der Waals surface area contributed by atoms with Crippen LogP contribution in [0.15, 0.2) is 36.9 Å². The summed E-state index contributed by atoms with van der Waals surface area (Å²) in [5.74, 6) is -0.216. The van der Waals surface area contributed by atoms with Crippen LogP contribution in [-0.4, -0.2) is 29.3 Å². The molecule has 0 atom stereocenters. The lowest BCUT2D eigenvalue weighted by Gasteiger charge is -2.08. The molecule has 0 unspecified atom stereocenters. The van der Waals surface area contributed by atoms with Crippen LogP contribution < -0.4 is 5.32 Å². The number of aliphatic hydroxyl groups excluding tert-OH is 2. The van der Waals surface area contributed by atoms with Crippen LogP contribution in [0.1, 0.15) is 18.9 Å². The van der Waals surface area contributed by atoms with Crippen molar-refractivity contribution in [3.05, 3.63) is 42.5 Å². The molecule has 0 aromatic heterocycles. The van der Waals surface area contributed by atoms with Gasteiger partial charge in [0, 0.05) is 18.9 Å². The van der Waals surface area contributed by atoms with E-state index in [9.17, 15) is 4.79 Å². The first-order valence-electron chi connectivity index (χ1n) is 5.92. The van der Waals surface area contributed by atoms with Crippen LogP contribution in [0.3, 0.4) is 0 Å². The first-order chi connectivity index (χ1) is 8.69. The zero-order valence-electron chi connectivity index (χ0n) is 10.7. The van der Waals surface area contributed by atoms with Crippen LogP contribution in [0.2, 0.25) is 0 Å². The fourth-order valence-electron chi connectivity index (χ4n) is 1.31. The van der Waals surface area contributed by atoms with Gasteiger partial charge >= 0.3 is 0 Å². The van der Waals surface area contributed by atoms with Gasteiger partial charge in [0.1, 0.15) is 0 Å². The second-order valence-electron chi connectivity index (χ2n) is 3.49. The summed E-state index contributed by atoms with van der Waals surface area (Å²) < 4.78 is 0. The molecule has 1 aromatic rings. The number of rotatable bonds is 5. The van der Waals surface area contributed by atoms with Crippen LogP contribution in [0.4, 0.5) is 5.69 Å². The number of benzene rings is 1. The molecule has 0 aliphatic heterocycles. The summed E-state index contributed by atoms with van der Waals surface area (Å²) in [6, 6.07) is 7.56. The molecule has 0 bridgehead atoms. The van der Waals surface area contributed by atoms with Crippen molar-refractivity contribution in [2.75, 3.05) is 18.5 Å². The SMILES string of the molecule is C=CC(=O)Nc1ccccc1CCCO.CCO. The van der Waals surface area contributed by atoms with E-state index in [0.29, 0.717) is 6.42 Å². The van der Waals surface area contributed by atoms with Crippen molar-refractivity contribution in [3.8, 4) is 0 Å². The molecule has 1 amide bonds. The van der Waals surface area contributed by atoms with Gasteiger partial charge < -0.3 is 15.5 Å². The van der Waals surface area contributed by atoms with Crippen molar-refractivity contribution in [2.45, 2.75) is 19.8 Å². The van der Waals surface area contributed by atoms with E-state index in [1.807, 2.05) is 24.3 Å². The fourth-order valence-corrected chi connectivity index (χ4v) is 1.31. The van der Waals surface area contributed by atoms with Crippen molar-refractivity contribution in [2.24, 2.45) is 0 Å². The Morgan fingerprint density at radius 3 is 2.56 bits per heavy atom. The standard InChI is InChI=1S/C12H15NO2.C2H6O/c1-2-12(15)13-11-8-4-3-6-10(11)7-5-9-14;1-2-3/h2-4,6,8,14H,1,5,7,9H2,(H,13,15);3H,2H2,1H3. The highest BCUT2D eigenvalue weighted by Gasteiger charge is 2.02. The molecule has 100 valence electrons. The molecule has 1 aromatic carbocycles. The van der Waals surface area contributed by atoms with Gasteiger partial charge in [0.15, 0.2) is 0 Å². The van der Waals surface area contributed by atoms with E-state index in [1.165, 1.54) is 6.08 Å². The van der Waals surface area contributed by atoms with Crippen molar-refractivity contribution in [1.82, 2.24) is 0 Å². The molecule has 1 rings (SSSR count). The Kier molecular flexibility index (Phi) is 9.54. The van der Waals surface area contributed by atoms with E-state index in [4.69, 9.17) is 10.2 Å². The Hall–Kier alpha value is -1.65. The average Bonchev–Trinajstić information content (AvgIpc) is 2.38. The summed E-state index contributed by atoms with van der Waals surface area (Å²) in [6.07, 6.45) is 2.69. The van der Waals surface area contributed by atoms with Crippen LogP contribution in [-0.2, 0) is 11.2 Å². The van der Waals surface area contributed by atoms with Crippen LogP contribution in [0.5, 0.6) is 0 Å². The van der Waals surface area contributed by atoms with Gasteiger partial charge in [0.05, 0.1) is 0 Å². The normalized spacial score (nSPS) is 9.06. The average molecular weight is 251 g/mol. The zero-order chi connectivity index (χ0) is 13.8. The largest absolute Gasteiger partial charge is 0.397 e. The molecule has 0 radical (unpaired) electrons. The van der Waals surface area contributed by atoms with Gasteiger partial charge in [-0.25, -0.2) is 0 Å². The Bertz CT molecular complexity index is 364. The number of hydrogen-bond donors (Lipinski definition) is 3. The maximum atomic E-state index is 11.1. The molecule has 0 saturated heterocycles. The second-order valence-corrected chi connectivity index (χ2v) is 3.49. The fraction of sp³-hybridized carbons (Fsp3) is 0.357. The third kappa shape index (κ3) is 6.83. The molecular weight excluding hydrogens is 230 g/mol. The lowest BCUT2D eigenvalue weighted by Crippen LogP contribution is -2.09. The summed E-state index contributed by atoms with van der Waals surface area (Å²) >= 11 is 0. The quantitative estimate of drug-likeness (QED) is 0.698. The Morgan fingerprint density at radius 2 is 2.00 bits per heavy atom. The molecule has 0 aliphatic rings. The van der Waals surface area contributed by atoms with Gasteiger partial charge in [-0.2, -0.15) is 0 Å². The van der Waals surface area contributed by atoms with Gasteiger partial charge in [-0.15, -0.1) is 0 Å². The first kappa shape index (κ1) is 16.4. The molecule has 4 heteroatoms. The summed E-state index contributed by atoms with van der Waals surface area (Å²) in [7, 11) is 0. The van der Waals surface area contributed by atoms with Crippen molar-refractivity contribution < 1.29 is 15.0 Å². The Balaban J connectivity index is 0.000000873. The number of para-hydroxylation sites is 1. The highest BCUT2D eigenvalue weighted by Crippen LogP contribution is 2.16. The van der Waals surface area contributed by atoms with Gasteiger partial charge in [0.2, 0.25) is 5.91 Å². The minimum atomic E-state index is -0.216. The summed E-state index contributed by atoms with van der Waals surface area (Å²) in [5, 5.41) is 19.0. The number of nitrogens with one attached hydrogen (secondary N) is 1. The van der Waals surface area contributed by atoms with E-state index >= 15 is 0 Å². The molecule has 0 aliphatic carbocycles. The molecule has 0 heterocycles. The van der Waals surface area contributed by atoms with Gasteiger partial charge in [-0.05, 0) is 37.5 Å². The van der Waals surface area contributed by atoms with Crippen molar-refractivity contribution in [3.63, 3.8) is 0 Å². The molecule has 0 saturated carbocycles. The minimum absolute atomic E-state index is 0.156. The maximum Gasteiger partial charge on any atom is 0.247 e. The number of carbonyl (C=O) groups is 1. The number of amides is 1. The predicted octanol–water partition coefficient (Wildman–Crippen LogP) is 1.73. The minimum Gasteiger partial charge on any atom is -0.397 e. The summed E-state index contributed by atoms with van der Waals surface area (Å²) in [5.41, 5.74) is 1.82. The first-order valence-corrected chi connectivity index (χ1v) is 5.92. The Morgan fingerprint density at radius 1 is 1.39 bits per heavy atom. The lowest BCUT2D eigenvalue weighted by atomic mass is 10.1. The van der Waals surface area contributed by atoms with E-state index in [2.05, 4.69) is 11.9 Å². The van der Waals surface area contributed by atoms with E-state index < -0.39 is 0 Å². The summed E-state index contributed by atoms with van der Waals surface area (Å²) in [6.45, 7) is 5.48. The Labute approximate surface area is 108 Å². The van der Waals surface area contributed by atoms with Crippen LogP contribution >= 0.6 is 0 Å². The highest BCUT2D eigenvalue weighted by molar-refractivity contribution is 5.99. The topological polar surface area (TPSA) is 69.6 Å². The van der Waals surface area contributed by atoms with Crippen LogP contribution in [0, 0.1) is 0 Å². The molecule has 0 spiro atoms. The number of aliphatic hydroxyl groups is 2. The number of aryl methyl sites for hydroxylation is 1. The molecule has 18 heavy (non-hydrogen) atoms. The number of anilines is 1.